The van der Waals surface area contributed by atoms with E-state index in [0.717, 1.165) is 83.5 Å². The number of carbonyl (C=O) groups is 2. The minimum absolute atomic E-state index is 0.0313. The van der Waals surface area contributed by atoms with E-state index in [1.807, 2.05) is 21.1 Å². The lowest BCUT2D eigenvalue weighted by atomic mass is 10.0. The Bertz CT molecular complexity index is 1810. The van der Waals surface area contributed by atoms with Gasteiger partial charge in [-0.1, -0.05) is 329 Å². The number of hydrogen-bond acceptors (Lipinski definition) is 7. The molecule has 88 heavy (non-hydrogen) atoms. The number of ether oxygens (including phenoxy) is 2. The normalized spacial score (nSPS) is 13.7. The molecule has 0 aliphatic heterocycles. The SMILES string of the molecule is CC/C=C\C/C=C\C/C=C\C/C=C\CCCCCCCCCCCCCCCCCCCCCCC(=O)OC(COC(=O)CCCCCCCCCCCCCCCCCCCC/C=C\C/C=C\C/C=C\C/C=C\CC)COP(=O)(O)OCC[N+](C)(C)C. The van der Waals surface area contributed by atoms with Gasteiger partial charge >= 0.3 is 19.8 Å². The van der Waals surface area contributed by atoms with Crippen molar-refractivity contribution in [2.75, 3.05) is 47.5 Å². The van der Waals surface area contributed by atoms with Gasteiger partial charge in [0.1, 0.15) is 19.8 Å². The van der Waals surface area contributed by atoms with Gasteiger partial charge in [0.25, 0.3) is 0 Å². The molecule has 0 rings (SSSR count). The van der Waals surface area contributed by atoms with E-state index in [2.05, 4.69) is 111 Å². The summed E-state index contributed by atoms with van der Waals surface area (Å²) in [4.78, 5) is 35.9. The number of allylic oxidation sites excluding steroid dienone is 16. The molecule has 0 amide bonds. The van der Waals surface area contributed by atoms with Crippen molar-refractivity contribution in [1.82, 2.24) is 0 Å². The topological polar surface area (TPSA) is 108 Å². The Morgan fingerprint density at radius 3 is 0.909 bits per heavy atom. The molecule has 2 atom stereocenters. The molecule has 0 aliphatic carbocycles. The highest BCUT2D eigenvalue weighted by atomic mass is 31.2. The van der Waals surface area contributed by atoms with E-state index in [1.165, 1.54) is 218 Å². The molecule has 0 fully saturated rings. The Hall–Kier alpha value is -3.07. The molecule has 1 N–H and O–H groups in total. The summed E-state index contributed by atoms with van der Waals surface area (Å²) in [5, 5.41) is 0. The van der Waals surface area contributed by atoms with Gasteiger partial charge in [-0.05, 0) is 89.9 Å². The number of hydrogen-bond donors (Lipinski definition) is 1. The van der Waals surface area contributed by atoms with Crippen molar-refractivity contribution >= 4 is 19.8 Å². The van der Waals surface area contributed by atoms with Gasteiger partial charge in [0.15, 0.2) is 6.10 Å². The van der Waals surface area contributed by atoms with Crippen LogP contribution in [-0.4, -0.2) is 74.9 Å². The highest BCUT2D eigenvalue weighted by molar-refractivity contribution is 7.47. The number of unbranched alkanes of at least 4 members (excludes halogenated alkanes) is 38. The van der Waals surface area contributed by atoms with Gasteiger partial charge in [-0.15, -0.1) is 0 Å². The van der Waals surface area contributed by atoms with Crippen LogP contribution in [0, 0.1) is 0 Å². The van der Waals surface area contributed by atoms with Crippen molar-refractivity contribution < 1.29 is 42.1 Å². The van der Waals surface area contributed by atoms with Crippen molar-refractivity contribution in [1.29, 1.82) is 0 Å². The average molecular weight is 1250 g/mol. The van der Waals surface area contributed by atoms with E-state index in [1.54, 1.807) is 0 Å². The molecule has 0 aromatic heterocycles. The second-order valence-corrected chi connectivity index (χ2v) is 27.4. The smallest absolute Gasteiger partial charge is 0.462 e. The van der Waals surface area contributed by atoms with Crippen LogP contribution in [0.1, 0.15) is 335 Å². The first-order valence-corrected chi connectivity index (χ1v) is 38.5. The van der Waals surface area contributed by atoms with Gasteiger partial charge in [0.2, 0.25) is 0 Å². The Morgan fingerprint density at radius 2 is 0.614 bits per heavy atom. The minimum atomic E-state index is -4.40. The van der Waals surface area contributed by atoms with Crippen LogP contribution in [0.3, 0.4) is 0 Å². The average Bonchev–Trinajstić information content (AvgIpc) is 3.56. The lowest BCUT2D eigenvalue weighted by Crippen LogP contribution is -2.37. The van der Waals surface area contributed by atoms with Crippen molar-refractivity contribution in [2.45, 2.75) is 341 Å². The predicted octanol–water partition coefficient (Wildman–Crippen LogP) is 24.3. The fraction of sp³-hybridized carbons (Fsp3) is 0.769. The van der Waals surface area contributed by atoms with Crippen molar-refractivity contribution in [3.8, 4) is 0 Å². The molecule has 10 heteroatoms. The summed E-state index contributed by atoms with van der Waals surface area (Å²) in [6.45, 7) is 4.26. The number of esters is 2. The summed E-state index contributed by atoms with van der Waals surface area (Å²) >= 11 is 0. The third kappa shape index (κ3) is 72.0. The molecule has 0 aromatic carbocycles. The maximum Gasteiger partial charge on any atom is 0.472 e. The van der Waals surface area contributed by atoms with E-state index < -0.39 is 26.5 Å². The maximum absolute atomic E-state index is 12.9. The third-order valence-electron chi connectivity index (χ3n) is 16.1. The highest BCUT2D eigenvalue weighted by Gasteiger charge is 2.27. The molecular formula is C78H141NO8P+. The molecule has 0 bridgehead atoms. The standard InChI is InChI=1S/C78H140NO8P/c1-6-8-10-12-14-16-18-20-22-24-26-28-30-32-34-36-38-39-41-43-45-47-49-51-53-55-57-59-61-63-65-67-69-71-78(81)87-76(75-86-88(82,83)85-73-72-79(3,4)5)74-84-77(80)70-68-66-64-62-60-58-56-54-52-50-48-46-44-42-40-37-35-33-31-29-27-25-23-21-19-17-15-13-11-9-7-2/h8-11,14-17,20-23,26-29,76H,6-7,12-13,18-19,24-25,30-75H2,1-5H3/p+1/b10-8-,11-9-,16-14-,17-15-,22-20-,23-21-,28-26-,29-27-. The molecule has 0 aromatic rings. The lowest BCUT2D eigenvalue weighted by Gasteiger charge is -2.24. The van der Waals surface area contributed by atoms with Crippen LogP contribution in [0.5, 0.6) is 0 Å². The Balaban J connectivity index is 3.98. The highest BCUT2D eigenvalue weighted by Crippen LogP contribution is 2.43. The van der Waals surface area contributed by atoms with Gasteiger partial charge in [-0.2, -0.15) is 0 Å². The minimum Gasteiger partial charge on any atom is -0.462 e. The van der Waals surface area contributed by atoms with Crippen LogP contribution < -0.4 is 0 Å². The van der Waals surface area contributed by atoms with E-state index in [-0.39, 0.29) is 32.0 Å². The number of nitrogens with zero attached hydrogens (tertiary/aromatic N) is 1. The summed E-state index contributed by atoms with van der Waals surface area (Å²) in [5.74, 6) is -0.783. The zero-order chi connectivity index (χ0) is 64.1. The molecule has 0 saturated carbocycles. The van der Waals surface area contributed by atoms with E-state index in [0.29, 0.717) is 17.4 Å². The number of phosphoric acid groups is 1. The van der Waals surface area contributed by atoms with Gasteiger partial charge in [-0.25, -0.2) is 4.57 Å². The zero-order valence-electron chi connectivity index (χ0n) is 58.2. The molecular weight excluding hydrogens is 1110 g/mol. The summed E-state index contributed by atoms with van der Waals surface area (Å²) < 4.78 is 34.8. The van der Waals surface area contributed by atoms with Crippen LogP contribution in [0.4, 0.5) is 0 Å². The van der Waals surface area contributed by atoms with Gasteiger partial charge in [-0.3, -0.25) is 18.6 Å². The van der Waals surface area contributed by atoms with Gasteiger partial charge in [0.05, 0.1) is 27.7 Å². The zero-order valence-corrected chi connectivity index (χ0v) is 59.1. The van der Waals surface area contributed by atoms with Crippen molar-refractivity contribution in [3.05, 3.63) is 97.2 Å². The van der Waals surface area contributed by atoms with Crippen molar-refractivity contribution in [3.63, 3.8) is 0 Å². The Labute approximate surface area is 544 Å². The largest absolute Gasteiger partial charge is 0.472 e. The molecule has 0 saturated heterocycles. The van der Waals surface area contributed by atoms with Crippen LogP contribution in [0.2, 0.25) is 0 Å². The summed E-state index contributed by atoms with van der Waals surface area (Å²) in [6, 6.07) is 0. The number of rotatable bonds is 68. The first-order chi connectivity index (χ1) is 43.0. The number of carbonyl (C=O) groups excluding carboxylic acids is 2. The molecule has 0 heterocycles. The number of likely N-dealkylation sites (N-methyl/N-ethyl adjacent to an activating group) is 1. The first kappa shape index (κ1) is 84.9. The second-order valence-electron chi connectivity index (χ2n) is 25.9. The predicted molar refractivity (Wildman–Crippen MR) is 381 cm³/mol. The summed E-state index contributed by atoms with van der Waals surface area (Å²) in [6.07, 6.45) is 95.3. The second kappa shape index (κ2) is 68.3. The fourth-order valence-corrected chi connectivity index (χ4v) is 11.3. The van der Waals surface area contributed by atoms with E-state index in [4.69, 9.17) is 18.5 Å². The number of quaternary nitrogens is 1. The van der Waals surface area contributed by atoms with E-state index in [9.17, 15) is 19.0 Å². The van der Waals surface area contributed by atoms with E-state index >= 15 is 0 Å². The number of phosphoric ester groups is 1. The van der Waals surface area contributed by atoms with Crippen LogP contribution in [0.15, 0.2) is 97.2 Å². The quantitative estimate of drug-likeness (QED) is 0.0211. The molecule has 2 unspecified atom stereocenters. The van der Waals surface area contributed by atoms with Crippen LogP contribution in [-0.2, 0) is 32.7 Å². The van der Waals surface area contributed by atoms with Crippen LogP contribution in [0.25, 0.3) is 0 Å². The van der Waals surface area contributed by atoms with Gasteiger partial charge < -0.3 is 18.9 Å². The fourth-order valence-electron chi connectivity index (χ4n) is 10.5. The van der Waals surface area contributed by atoms with Gasteiger partial charge in [0, 0.05) is 12.8 Å². The Morgan fingerprint density at radius 1 is 0.352 bits per heavy atom. The third-order valence-corrected chi connectivity index (χ3v) is 17.1. The Kier molecular flexibility index (Phi) is 65.9. The van der Waals surface area contributed by atoms with Crippen LogP contribution >= 0.6 is 7.82 Å². The first-order valence-electron chi connectivity index (χ1n) is 37.0. The molecule has 9 nitrogen and oxygen atoms in total. The molecule has 0 radical (unpaired) electrons. The van der Waals surface area contributed by atoms with Crippen molar-refractivity contribution in [2.24, 2.45) is 0 Å². The molecule has 0 spiro atoms. The lowest BCUT2D eigenvalue weighted by molar-refractivity contribution is -0.870. The monoisotopic (exact) mass is 1250 g/mol. The summed E-state index contributed by atoms with van der Waals surface area (Å²) in [7, 11) is 1.49. The molecule has 0 aliphatic rings. The maximum atomic E-state index is 12.9. The summed E-state index contributed by atoms with van der Waals surface area (Å²) in [5.41, 5.74) is 0. The molecule has 510 valence electrons.